The Kier molecular flexibility index (Phi) is 4.48. The zero-order chi connectivity index (χ0) is 18.1. The van der Waals surface area contributed by atoms with Crippen molar-refractivity contribution in [1.82, 2.24) is 15.5 Å². The Hall–Kier alpha value is -2.28. The fourth-order valence-corrected chi connectivity index (χ4v) is 3.93. The van der Waals surface area contributed by atoms with Gasteiger partial charge in [0.2, 0.25) is 11.8 Å². The van der Waals surface area contributed by atoms with Crippen LogP contribution in [0.5, 0.6) is 11.5 Å². The average Bonchev–Trinajstić information content (AvgIpc) is 3.25. The number of ether oxygens (including phenoxy) is 2. The number of halogens is 1. The predicted octanol–water partition coefficient (Wildman–Crippen LogP) is 2.93. The highest BCUT2D eigenvalue weighted by molar-refractivity contribution is 6.32. The van der Waals surface area contributed by atoms with Crippen molar-refractivity contribution in [2.45, 2.75) is 44.6 Å². The maximum Gasteiger partial charge on any atom is 0.225 e. The summed E-state index contributed by atoms with van der Waals surface area (Å²) < 4.78 is 16.2. The highest BCUT2D eigenvalue weighted by Gasteiger charge is 2.41. The van der Waals surface area contributed by atoms with Crippen molar-refractivity contribution in [3.8, 4) is 11.5 Å². The zero-order valence-corrected chi connectivity index (χ0v) is 15.3. The van der Waals surface area contributed by atoms with Crippen LogP contribution >= 0.6 is 11.6 Å². The van der Waals surface area contributed by atoms with Gasteiger partial charge in [-0.05, 0) is 30.5 Å². The monoisotopic (exact) mass is 377 g/mol. The topological polar surface area (TPSA) is 86.5 Å². The Morgan fingerprint density at radius 1 is 1.27 bits per heavy atom. The van der Waals surface area contributed by atoms with E-state index in [4.69, 9.17) is 25.6 Å². The van der Waals surface area contributed by atoms with E-state index in [-0.39, 0.29) is 12.3 Å². The van der Waals surface area contributed by atoms with Crippen LogP contribution in [0, 0.1) is 6.92 Å². The number of benzene rings is 1. The summed E-state index contributed by atoms with van der Waals surface area (Å²) >= 11 is 6.26. The standard InChI is InChI=1S/C18H20ClN3O4/c1-11-20-17(22-26-11)18(4-2-3-5-18)21-15(23)10-12-8-13(19)16-14(9-12)24-6-7-25-16/h8-9H,2-7,10H2,1H3,(H,21,23). The minimum atomic E-state index is -0.549. The van der Waals surface area contributed by atoms with Crippen LogP contribution < -0.4 is 14.8 Å². The van der Waals surface area contributed by atoms with Crippen molar-refractivity contribution in [2.75, 3.05) is 13.2 Å². The molecule has 26 heavy (non-hydrogen) atoms. The van der Waals surface area contributed by atoms with Crippen LogP contribution in [0.2, 0.25) is 5.02 Å². The zero-order valence-electron chi connectivity index (χ0n) is 14.5. The average molecular weight is 378 g/mol. The molecule has 1 N–H and O–H groups in total. The van der Waals surface area contributed by atoms with Crippen molar-refractivity contribution in [3.63, 3.8) is 0 Å². The molecule has 1 aromatic carbocycles. The van der Waals surface area contributed by atoms with Gasteiger partial charge in [0, 0.05) is 6.92 Å². The molecule has 0 radical (unpaired) electrons. The Bertz CT molecular complexity index is 830. The largest absolute Gasteiger partial charge is 0.486 e. The number of hydrogen-bond acceptors (Lipinski definition) is 6. The van der Waals surface area contributed by atoms with E-state index in [9.17, 15) is 4.79 Å². The fraction of sp³-hybridized carbons (Fsp3) is 0.500. The molecule has 1 aromatic heterocycles. The first-order chi connectivity index (χ1) is 12.6. The number of nitrogens with zero attached hydrogens (tertiary/aromatic N) is 2. The Labute approximate surface area is 156 Å². The lowest BCUT2D eigenvalue weighted by Gasteiger charge is -2.27. The lowest BCUT2D eigenvalue weighted by atomic mass is 9.96. The first kappa shape index (κ1) is 17.1. The lowest BCUT2D eigenvalue weighted by Crippen LogP contribution is -2.45. The van der Waals surface area contributed by atoms with Gasteiger partial charge in [0.1, 0.15) is 18.8 Å². The van der Waals surface area contributed by atoms with E-state index in [0.29, 0.717) is 41.5 Å². The fourth-order valence-electron chi connectivity index (χ4n) is 3.64. The summed E-state index contributed by atoms with van der Waals surface area (Å²) in [5.41, 5.74) is 0.223. The Morgan fingerprint density at radius 2 is 2.04 bits per heavy atom. The van der Waals surface area contributed by atoms with Gasteiger partial charge in [-0.25, -0.2) is 0 Å². The molecule has 4 rings (SSSR count). The van der Waals surface area contributed by atoms with Gasteiger partial charge >= 0.3 is 0 Å². The number of carbonyl (C=O) groups is 1. The van der Waals surface area contributed by atoms with Gasteiger partial charge in [0.25, 0.3) is 0 Å². The number of rotatable bonds is 4. The van der Waals surface area contributed by atoms with Crippen LogP contribution in [0.3, 0.4) is 0 Å². The number of carbonyl (C=O) groups excluding carboxylic acids is 1. The quantitative estimate of drug-likeness (QED) is 0.881. The SMILES string of the molecule is Cc1nc(C2(NC(=O)Cc3cc(Cl)c4c(c3)OCCO4)CCCC2)no1. The molecule has 1 amide bonds. The van der Waals surface area contributed by atoms with E-state index in [0.717, 1.165) is 31.2 Å². The van der Waals surface area contributed by atoms with Gasteiger partial charge in [0.15, 0.2) is 17.3 Å². The summed E-state index contributed by atoms with van der Waals surface area (Å²) in [4.78, 5) is 17.1. The number of nitrogens with one attached hydrogen (secondary N) is 1. The number of aromatic nitrogens is 2. The minimum Gasteiger partial charge on any atom is -0.486 e. The third-order valence-corrected chi connectivity index (χ3v) is 5.09. The van der Waals surface area contributed by atoms with Crippen LogP contribution in [0.4, 0.5) is 0 Å². The summed E-state index contributed by atoms with van der Waals surface area (Å²) in [6.45, 7) is 2.69. The van der Waals surface area contributed by atoms with Crippen LogP contribution in [0.1, 0.15) is 43.0 Å². The third-order valence-electron chi connectivity index (χ3n) is 4.81. The molecular formula is C18H20ClN3O4. The second-order valence-electron chi connectivity index (χ2n) is 6.75. The summed E-state index contributed by atoms with van der Waals surface area (Å²) in [5, 5.41) is 7.63. The number of aryl methyl sites for hydroxylation is 1. The van der Waals surface area contributed by atoms with Crippen molar-refractivity contribution in [3.05, 3.63) is 34.4 Å². The molecule has 2 aromatic rings. The van der Waals surface area contributed by atoms with E-state index >= 15 is 0 Å². The maximum absolute atomic E-state index is 12.7. The summed E-state index contributed by atoms with van der Waals surface area (Å²) in [7, 11) is 0. The Morgan fingerprint density at radius 3 is 2.77 bits per heavy atom. The molecule has 2 aliphatic rings. The van der Waals surface area contributed by atoms with Gasteiger partial charge in [0.05, 0.1) is 11.4 Å². The number of fused-ring (bicyclic) bond motifs is 1. The third kappa shape index (κ3) is 3.23. The van der Waals surface area contributed by atoms with Crippen molar-refractivity contribution in [1.29, 1.82) is 0 Å². The molecule has 1 aliphatic heterocycles. The number of hydrogen-bond donors (Lipinski definition) is 1. The van der Waals surface area contributed by atoms with E-state index < -0.39 is 5.54 Å². The highest BCUT2D eigenvalue weighted by Crippen LogP contribution is 2.39. The molecule has 0 unspecified atom stereocenters. The van der Waals surface area contributed by atoms with Crippen molar-refractivity contribution in [2.24, 2.45) is 0 Å². The van der Waals surface area contributed by atoms with Crippen LogP contribution in [-0.4, -0.2) is 29.3 Å². The van der Waals surface area contributed by atoms with Crippen molar-refractivity contribution < 1.29 is 18.8 Å². The van der Waals surface area contributed by atoms with Gasteiger partial charge in [-0.15, -0.1) is 0 Å². The molecule has 0 atom stereocenters. The van der Waals surface area contributed by atoms with E-state index in [2.05, 4.69) is 15.5 Å². The lowest BCUT2D eigenvalue weighted by molar-refractivity contribution is -0.122. The maximum atomic E-state index is 12.7. The molecule has 1 aliphatic carbocycles. The molecular weight excluding hydrogens is 358 g/mol. The first-order valence-corrected chi connectivity index (χ1v) is 9.13. The van der Waals surface area contributed by atoms with E-state index in [1.165, 1.54) is 0 Å². The molecule has 1 saturated carbocycles. The van der Waals surface area contributed by atoms with Crippen molar-refractivity contribution >= 4 is 17.5 Å². The Balaban J connectivity index is 1.52. The molecule has 0 saturated heterocycles. The van der Waals surface area contributed by atoms with Crippen LogP contribution in [0.15, 0.2) is 16.7 Å². The summed E-state index contributed by atoms with van der Waals surface area (Å²) in [5.74, 6) is 2.06. The molecule has 1 fully saturated rings. The summed E-state index contributed by atoms with van der Waals surface area (Å²) in [6, 6.07) is 3.55. The van der Waals surface area contributed by atoms with Gasteiger partial charge in [-0.1, -0.05) is 29.6 Å². The van der Waals surface area contributed by atoms with Gasteiger partial charge in [-0.3, -0.25) is 4.79 Å². The first-order valence-electron chi connectivity index (χ1n) is 8.76. The molecule has 2 heterocycles. The molecule has 138 valence electrons. The second-order valence-corrected chi connectivity index (χ2v) is 7.16. The normalized spacial score (nSPS) is 17.9. The van der Waals surface area contributed by atoms with E-state index in [1.54, 1.807) is 19.1 Å². The smallest absolute Gasteiger partial charge is 0.225 e. The molecule has 8 heteroatoms. The minimum absolute atomic E-state index is 0.109. The summed E-state index contributed by atoms with van der Waals surface area (Å²) in [6.07, 6.45) is 3.83. The van der Waals surface area contributed by atoms with Crippen LogP contribution in [0.25, 0.3) is 0 Å². The highest BCUT2D eigenvalue weighted by atomic mass is 35.5. The van der Waals surface area contributed by atoms with Gasteiger partial charge in [-0.2, -0.15) is 4.98 Å². The molecule has 7 nitrogen and oxygen atoms in total. The second kappa shape index (κ2) is 6.79. The van der Waals surface area contributed by atoms with E-state index in [1.807, 2.05) is 0 Å². The molecule has 0 bridgehead atoms. The molecule has 0 spiro atoms. The van der Waals surface area contributed by atoms with Gasteiger partial charge < -0.3 is 19.3 Å². The van der Waals surface area contributed by atoms with Crippen LogP contribution in [-0.2, 0) is 16.8 Å². The predicted molar refractivity (Wildman–Crippen MR) is 93.5 cm³/mol. The number of amides is 1.